The summed E-state index contributed by atoms with van der Waals surface area (Å²) < 4.78 is 4.98. The van der Waals surface area contributed by atoms with Gasteiger partial charge < -0.3 is 26.4 Å². The number of anilines is 2. The molecule has 1 fully saturated rings. The van der Waals surface area contributed by atoms with Crippen LogP contribution < -0.4 is 16.8 Å². The molecule has 1 unspecified atom stereocenters. The van der Waals surface area contributed by atoms with Crippen molar-refractivity contribution in [2.45, 2.75) is 18.9 Å². The lowest BCUT2D eigenvalue weighted by Crippen LogP contribution is -2.44. The number of hydrogen-bond acceptors (Lipinski definition) is 5. The Labute approximate surface area is 123 Å². The topological polar surface area (TPSA) is 111 Å². The van der Waals surface area contributed by atoms with Crippen molar-refractivity contribution in [3.8, 4) is 0 Å². The van der Waals surface area contributed by atoms with Crippen LogP contribution in [0.2, 0.25) is 0 Å². The lowest BCUT2D eigenvalue weighted by Gasteiger charge is -2.32. The molecule has 1 aromatic rings. The Morgan fingerprint density at radius 3 is 2.81 bits per heavy atom. The van der Waals surface area contributed by atoms with Gasteiger partial charge in [-0.15, -0.1) is 0 Å². The van der Waals surface area contributed by atoms with Gasteiger partial charge in [-0.05, 0) is 31.0 Å². The highest BCUT2D eigenvalue weighted by Crippen LogP contribution is 2.22. The molecule has 0 spiro atoms. The highest BCUT2D eigenvalue weighted by Gasteiger charge is 2.26. The molecule has 2 amide bonds. The molecule has 1 aromatic carbocycles. The van der Waals surface area contributed by atoms with Crippen molar-refractivity contribution in [3.63, 3.8) is 0 Å². The van der Waals surface area contributed by atoms with E-state index in [2.05, 4.69) is 5.32 Å². The number of ether oxygens (including phenoxy) is 1. The Balaban J connectivity index is 2.08. The van der Waals surface area contributed by atoms with Gasteiger partial charge in [0.2, 0.25) is 0 Å². The summed E-state index contributed by atoms with van der Waals surface area (Å²) >= 11 is 0. The molecule has 0 aliphatic carbocycles. The summed E-state index contributed by atoms with van der Waals surface area (Å²) in [7, 11) is 1.77. The number of carbonyl (C=O) groups is 2. The first kappa shape index (κ1) is 15.0. The van der Waals surface area contributed by atoms with Crippen molar-refractivity contribution in [1.82, 2.24) is 4.90 Å². The maximum Gasteiger partial charge on any atom is 0.404 e. The van der Waals surface area contributed by atoms with Gasteiger partial charge in [0.25, 0.3) is 5.91 Å². The number of carbonyl (C=O) groups excluding carboxylic acids is 2. The molecule has 7 heteroatoms. The molecule has 0 bridgehead atoms. The van der Waals surface area contributed by atoms with E-state index in [1.165, 1.54) is 0 Å². The van der Waals surface area contributed by atoms with Crippen LogP contribution in [0.3, 0.4) is 0 Å². The van der Waals surface area contributed by atoms with E-state index < -0.39 is 6.09 Å². The highest BCUT2D eigenvalue weighted by molar-refractivity contribution is 5.96. The second kappa shape index (κ2) is 6.34. The third kappa shape index (κ3) is 3.56. The zero-order valence-electron chi connectivity index (χ0n) is 12.0. The number of hydrogen-bond donors (Lipinski definition) is 3. The van der Waals surface area contributed by atoms with E-state index in [9.17, 15) is 9.59 Å². The molecule has 7 nitrogen and oxygen atoms in total. The first-order valence-electron chi connectivity index (χ1n) is 6.84. The molecule has 1 aliphatic rings. The van der Waals surface area contributed by atoms with Gasteiger partial charge in [-0.1, -0.05) is 0 Å². The van der Waals surface area contributed by atoms with E-state index in [1.807, 2.05) is 0 Å². The molecule has 1 aliphatic heterocycles. The smallest absolute Gasteiger partial charge is 0.404 e. The van der Waals surface area contributed by atoms with Crippen LogP contribution in [0.5, 0.6) is 0 Å². The predicted molar refractivity (Wildman–Crippen MR) is 80.0 cm³/mol. The van der Waals surface area contributed by atoms with Crippen LogP contribution in [0.1, 0.15) is 23.2 Å². The van der Waals surface area contributed by atoms with Crippen LogP contribution in [0.15, 0.2) is 18.2 Å². The Hall–Kier alpha value is -2.44. The summed E-state index contributed by atoms with van der Waals surface area (Å²) in [4.78, 5) is 24.9. The third-order valence-corrected chi connectivity index (χ3v) is 3.52. The van der Waals surface area contributed by atoms with Gasteiger partial charge in [-0.3, -0.25) is 4.79 Å². The number of piperidine rings is 1. The highest BCUT2D eigenvalue weighted by atomic mass is 16.6. The molecule has 1 saturated heterocycles. The number of nitrogen functional groups attached to an aromatic ring is 1. The summed E-state index contributed by atoms with van der Waals surface area (Å²) in [5.41, 5.74) is 12.7. The van der Waals surface area contributed by atoms with Gasteiger partial charge in [0.05, 0.1) is 17.9 Å². The van der Waals surface area contributed by atoms with Crippen molar-refractivity contribution in [2.24, 2.45) is 5.73 Å². The largest absolute Gasteiger partial charge is 0.445 e. The number of nitrogens with one attached hydrogen (secondary N) is 1. The van der Waals surface area contributed by atoms with Crippen LogP contribution in [-0.4, -0.2) is 43.1 Å². The molecule has 0 aromatic heterocycles. The van der Waals surface area contributed by atoms with Gasteiger partial charge >= 0.3 is 6.09 Å². The molecule has 5 N–H and O–H groups in total. The third-order valence-electron chi connectivity index (χ3n) is 3.52. The molecule has 2 rings (SSSR count). The number of likely N-dealkylation sites (tertiary alicyclic amines) is 1. The normalized spacial score (nSPS) is 18.1. The lowest BCUT2D eigenvalue weighted by atomic mass is 10.1. The van der Waals surface area contributed by atoms with E-state index in [-0.39, 0.29) is 12.0 Å². The second-order valence-corrected chi connectivity index (χ2v) is 5.00. The van der Waals surface area contributed by atoms with E-state index in [0.717, 1.165) is 12.1 Å². The maximum absolute atomic E-state index is 12.5. The number of nitrogens with zero attached hydrogens (tertiary/aromatic N) is 1. The van der Waals surface area contributed by atoms with Crippen LogP contribution in [0.25, 0.3) is 0 Å². The van der Waals surface area contributed by atoms with Crippen molar-refractivity contribution >= 4 is 23.4 Å². The van der Waals surface area contributed by atoms with Crippen LogP contribution in [0.4, 0.5) is 16.2 Å². The summed E-state index contributed by atoms with van der Waals surface area (Å²) in [6.45, 7) is 0.987. The van der Waals surface area contributed by atoms with E-state index in [4.69, 9.17) is 16.2 Å². The van der Waals surface area contributed by atoms with Crippen LogP contribution >= 0.6 is 0 Å². The minimum Gasteiger partial charge on any atom is -0.445 e. The molecule has 0 saturated carbocycles. The number of primary amides is 1. The zero-order valence-corrected chi connectivity index (χ0v) is 12.0. The van der Waals surface area contributed by atoms with Crippen LogP contribution in [-0.2, 0) is 4.74 Å². The van der Waals surface area contributed by atoms with Gasteiger partial charge in [0.1, 0.15) is 6.10 Å². The minimum atomic E-state index is -0.808. The second-order valence-electron chi connectivity index (χ2n) is 5.00. The molecule has 21 heavy (non-hydrogen) atoms. The lowest BCUT2D eigenvalue weighted by molar-refractivity contribution is 0.0373. The number of rotatable bonds is 3. The van der Waals surface area contributed by atoms with Gasteiger partial charge in [-0.2, -0.15) is 0 Å². The fraction of sp³-hybridized carbons (Fsp3) is 0.429. The summed E-state index contributed by atoms with van der Waals surface area (Å²) in [5, 5.41) is 2.95. The van der Waals surface area contributed by atoms with Crippen LogP contribution in [0, 0.1) is 0 Å². The van der Waals surface area contributed by atoms with Gasteiger partial charge in [0.15, 0.2) is 0 Å². The molecule has 1 atom stereocenters. The average Bonchev–Trinajstić information content (AvgIpc) is 2.46. The van der Waals surface area contributed by atoms with Crippen molar-refractivity contribution < 1.29 is 14.3 Å². The summed E-state index contributed by atoms with van der Waals surface area (Å²) in [6.07, 6.45) is 0.340. The van der Waals surface area contributed by atoms with E-state index >= 15 is 0 Å². The first-order valence-corrected chi connectivity index (χ1v) is 6.84. The quantitative estimate of drug-likeness (QED) is 0.720. The molecule has 0 radical (unpaired) electrons. The summed E-state index contributed by atoms with van der Waals surface area (Å²) in [6, 6.07) is 5.14. The van der Waals surface area contributed by atoms with E-state index in [1.54, 1.807) is 30.1 Å². The Kier molecular flexibility index (Phi) is 4.52. The standard InChI is InChI=1S/C14H20N4O3/c1-17-12-5-4-9(7-11(12)15)13(19)18-6-2-3-10(8-18)21-14(16)20/h4-5,7,10,17H,2-3,6,8,15H2,1H3,(H2,16,20). The SMILES string of the molecule is CNc1ccc(C(=O)N2CCCC(OC(N)=O)C2)cc1N. The monoisotopic (exact) mass is 292 g/mol. The van der Waals surface area contributed by atoms with E-state index in [0.29, 0.717) is 30.8 Å². The van der Waals surface area contributed by atoms with Crippen molar-refractivity contribution in [1.29, 1.82) is 0 Å². The average molecular weight is 292 g/mol. The molecular weight excluding hydrogens is 272 g/mol. The predicted octanol–water partition coefficient (Wildman–Crippen LogP) is 1.01. The fourth-order valence-corrected chi connectivity index (χ4v) is 2.49. The molecule has 114 valence electrons. The Bertz CT molecular complexity index is 547. The van der Waals surface area contributed by atoms with Gasteiger partial charge in [0, 0.05) is 19.2 Å². The first-order chi connectivity index (χ1) is 10.0. The zero-order chi connectivity index (χ0) is 15.4. The number of benzene rings is 1. The van der Waals surface area contributed by atoms with Crippen molar-refractivity contribution in [2.75, 3.05) is 31.2 Å². The Morgan fingerprint density at radius 2 is 2.19 bits per heavy atom. The van der Waals surface area contributed by atoms with Gasteiger partial charge in [-0.25, -0.2) is 4.79 Å². The fourth-order valence-electron chi connectivity index (χ4n) is 2.49. The Morgan fingerprint density at radius 1 is 1.43 bits per heavy atom. The number of amides is 2. The number of nitrogens with two attached hydrogens (primary N) is 2. The maximum atomic E-state index is 12.5. The molecule has 1 heterocycles. The summed E-state index contributed by atoms with van der Waals surface area (Å²) in [5.74, 6) is -0.123. The minimum absolute atomic E-state index is 0.123. The van der Waals surface area contributed by atoms with Crippen molar-refractivity contribution in [3.05, 3.63) is 23.8 Å². The molecular formula is C14H20N4O3.